The van der Waals surface area contributed by atoms with E-state index in [9.17, 15) is 24.6 Å². The van der Waals surface area contributed by atoms with Crippen molar-refractivity contribution in [3.05, 3.63) is 0 Å². The zero-order chi connectivity index (χ0) is 10.6. The van der Waals surface area contributed by atoms with Gasteiger partial charge in [-0.1, -0.05) is 0 Å². The molecule has 0 aromatic rings. The Balaban J connectivity index is -0.000000120. The standard InChI is InChI=1S/C6H8O7.2K.2Na.2H/c7-3(8)1-6(13,5(11)12)2-4(9)10;;;;;;/h13H,1-2H2,(H,7,8)(H,9,10)(H,11,12);;;;;;/q;;;2*+1;;/p-2. The Morgan fingerprint density at radius 3 is 1.53 bits per heavy atom. The molecule has 0 aromatic carbocycles. The molecule has 0 heterocycles. The largest absolute Gasteiger partial charge is 1.00 e. The van der Waals surface area contributed by atoms with Gasteiger partial charge in [0.05, 0.1) is 12.4 Å². The number of aliphatic carboxylic acids is 3. The van der Waals surface area contributed by atoms with Crippen molar-refractivity contribution in [3.8, 4) is 0 Å². The van der Waals surface area contributed by atoms with Crippen LogP contribution in [0, 0.1) is 0 Å². The molecule has 1 atom stereocenters. The molecule has 0 spiro atoms. The van der Waals surface area contributed by atoms with Crippen molar-refractivity contribution >= 4 is 121 Å². The Labute approximate surface area is 227 Å². The maximum Gasteiger partial charge on any atom is 1.00 e. The molecule has 0 aliphatic heterocycles. The minimum atomic E-state index is -2.91. The third-order valence-corrected chi connectivity index (χ3v) is 1.26. The van der Waals surface area contributed by atoms with Gasteiger partial charge in [0.1, 0.15) is 5.60 Å². The van der Waals surface area contributed by atoms with Crippen LogP contribution in [-0.4, -0.2) is 136 Å². The number of carboxylic acids is 3. The summed E-state index contributed by atoms with van der Waals surface area (Å²) in [5, 5.41) is 37.2. The van der Waals surface area contributed by atoms with Crippen LogP contribution in [0.5, 0.6) is 0 Å². The third-order valence-electron chi connectivity index (χ3n) is 1.26. The zero-order valence-corrected chi connectivity index (χ0v) is 12.3. The minimum Gasteiger partial charge on any atom is 1.00 e. The zero-order valence-electron chi connectivity index (χ0n) is 8.35. The van der Waals surface area contributed by atoms with Gasteiger partial charge in [0.2, 0.25) is 0 Å². The maximum atomic E-state index is 10.2. The molecule has 0 bridgehead atoms. The van der Waals surface area contributed by atoms with Crippen molar-refractivity contribution in [1.82, 2.24) is 0 Å². The first-order valence-corrected chi connectivity index (χ1v) is 3.13. The molecule has 2 N–H and O–H groups in total. The molecule has 0 saturated carbocycles. The first-order chi connectivity index (χ1) is 5.78. The quantitative estimate of drug-likeness (QED) is 0.480. The van der Waals surface area contributed by atoms with E-state index in [0.717, 1.165) is 0 Å². The van der Waals surface area contributed by atoms with Crippen LogP contribution in [0.25, 0.3) is 0 Å². The van der Waals surface area contributed by atoms with E-state index >= 15 is 0 Å². The fourth-order valence-corrected chi connectivity index (χ4v) is 0.696. The number of carbonyl (C=O) groups excluding carboxylic acids is 2. The van der Waals surface area contributed by atoms with Crippen LogP contribution in [0.3, 0.4) is 0 Å². The molecule has 0 radical (unpaired) electrons. The fraction of sp³-hybridized carbons (Fsp3) is 0.500. The van der Waals surface area contributed by atoms with Crippen molar-refractivity contribution in [1.29, 1.82) is 0 Å². The Hall–Kier alpha value is 3.64. The topological polar surface area (TPSA) is 138 Å². The third kappa shape index (κ3) is 15.8. The van der Waals surface area contributed by atoms with E-state index in [4.69, 9.17) is 10.2 Å². The Kier molecular flexibility index (Phi) is 30.7. The van der Waals surface area contributed by atoms with E-state index in [-0.39, 0.29) is 162 Å². The van der Waals surface area contributed by atoms with Gasteiger partial charge in [-0.25, -0.2) is 0 Å². The van der Waals surface area contributed by atoms with E-state index in [1.165, 1.54) is 0 Å². The Morgan fingerprint density at radius 1 is 1.00 bits per heavy atom. The maximum absolute atomic E-state index is 10.2. The predicted octanol–water partition coefficient (Wildman–Crippen LogP) is -11.2. The molecule has 0 aliphatic rings. The summed E-state index contributed by atoms with van der Waals surface area (Å²) in [5.74, 6) is -5.67. The van der Waals surface area contributed by atoms with Gasteiger partial charge in [-0.2, -0.15) is 0 Å². The molecular formula is C6H8K2Na2O7. The molecular weight excluding hydrogens is 308 g/mol. The van der Waals surface area contributed by atoms with Crippen LogP contribution < -0.4 is 69.3 Å². The summed E-state index contributed by atoms with van der Waals surface area (Å²) < 4.78 is 0. The summed E-state index contributed by atoms with van der Waals surface area (Å²) in [5.41, 5.74) is -2.91. The molecule has 1 unspecified atom stereocenters. The molecule has 7 nitrogen and oxygen atoms in total. The summed E-state index contributed by atoms with van der Waals surface area (Å²) in [7, 11) is 0. The van der Waals surface area contributed by atoms with Crippen LogP contribution in [0.15, 0.2) is 0 Å². The van der Waals surface area contributed by atoms with Crippen molar-refractivity contribution in [2.75, 3.05) is 0 Å². The monoisotopic (exact) mass is 316 g/mol. The smallest absolute Gasteiger partial charge is 1.00 e. The SMILES string of the molecule is O=C([O-])CC(O)(CC(=O)O)C(=O)[O-].[KH].[KH].[Na+].[Na+]. The van der Waals surface area contributed by atoms with E-state index in [0.29, 0.717) is 0 Å². The molecule has 11 heteroatoms. The van der Waals surface area contributed by atoms with E-state index in [2.05, 4.69) is 0 Å². The van der Waals surface area contributed by atoms with Crippen molar-refractivity contribution < 1.29 is 93.9 Å². The first-order valence-electron chi connectivity index (χ1n) is 3.13. The molecule has 0 amide bonds. The van der Waals surface area contributed by atoms with Gasteiger partial charge < -0.3 is 30.0 Å². The second-order valence-electron chi connectivity index (χ2n) is 2.44. The first kappa shape index (κ1) is 32.5. The van der Waals surface area contributed by atoms with Gasteiger partial charge in [0.15, 0.2) is 0 Å². The van der Waals surface area contributed by atoms with Gasteiger partial charge in [0.25, 0.3) is 0 Å². The predicted molar refractivity (Wildman–Crippen MR) is 46.1 cm³/mol. The number of rotatable bonds is 5. The van der Waals surface area contributed by atoms with Gasteiger partial charge in [-0.05, 0) is 0 Å². The molecule has 0 rings (SSSR count). The van der Waals surface area contributed by atoms with Gasteiger partial charge in [-0.15, -0.1) is 0 Å². The van der Waals surface area contributed by atoms with Gasteiger partial charge in [-0.3, -0.25) is 4.79 Å². The van der Waals surface area contributed by atoms with Crippen LogP contribution in [0.2, 0.25) is 0 Å². The van der Waals surface area contributed by atoms with Gasteiger partial charge in [0, 0.05) is 12.4 Å². The van der Waals surface area contributed by atoms with Crippen molar-refractivity contribution in [2.24, 2.45) is 0 Å². The van der Waals surface area contributed by atoms with Crippen LogP contribution in [0.1, 0.15) is 12.8 Å². The van der Waals surface area contributed by atoms with Crippen LogP contribution in [-0.2, 0) is 14.4 Å². The second kappa shape index (κ2) is 16.0. The molecule has 17 heavy (non-hydrogen) atoms. The molecule has 78 valence electrons. The van der Waals surface area contributed by atoms with E-state index < -0.39 is 36.4 Å². The average molecular weight is 316 g/mol. The number of carbonyl (C=O) groups is 3. The van der Waals surface area contributed by atoms with E-state index in [1.54, 1.807) is 0 Å². The van der Waals surface area contributed by atoms with Crippen LogP contribution >= 0.6 is 0 Å². The summed E-state index contributed by atoms with van der Waals surface area (Å²) in [4.78, 5) is 30.2. The van der Waals surface area contributed by atoms with Crippen molar-refractivity contribution in [2.45, 2.75) is 18.4 Å². The summed E-state index contributed by atoms with van der Waals surface area (Å²) >= 11 is 0. The fourth-order valence-electron chi connectivity index (χ4n) is 0.696. The summed E-state index contributed by atoms with van der Waals surface area (Å²) in [6.45, 7) is 0. The minimum absolute atomic E-state index is 0. The molecule has 0 fully saturated rings. The Morgan fingerprint density at radius 2 is 1.35 bits per heavy atom. The molecule has 0 saturated heterocycles. The molecule has 0 aliphatic carbocycles. The van der Waals surface area contributed by atoms with Crippen molar-refractivity contribution in [3.63, 3.8) is 0 Å². The summed E-state index contributed by atoms with van der Waals surface area (Å²) in [6.07, 6.45) is -2.56. The number of carboxylic acid groups (broad SMARTS) is 3. The summed E-state index contributed by atoms with van der Waals surface area (Å²) in [6, 6.07) is 0. The normalized spacial score (nSPS) is 11.1. The van der Waals surface area contributed by atoms with E-state index in [1.807, 2.05) is 0 Å². The molecule has 0 aromatic heterocycles. The number of hydrogen-bond acceptors (Lipinski definition) is 6. The second-order valence-corrected chi connectivity index (χ2v) is 2.44. The number of hydrogen-bond donors (Lipinski definition) is 2. The average Bonchev–Trinajstić information content (AvgIpc) is 1.82. The Bertz CT molecular complexity index is 245. The van der Waals surface area contributed by atoms with Gasteiger partial charge >= 0.3 is 168 Å². The number of aliphatic hydroxyl groups is 1. The van der Waals surface area contributed by atoms with Crippen LogP contribution in [0.4, 0.5) is 0 Å².